The van der Waals surface area contributed by atoms with Gasteiger partial charge in [0.15, 0.2) is 11.5 Å². The van der Waals surface area contributed by atoms with Gasteiger partial charge >= 0.3 is 5.97 Å². The standard InChI is InChI=1S/C18H24N2O7S/c1-12(18(22)25-2)19-17(21)13-5-7-20(8-6-13)28(23,24)14-3-4-15-16(11-14)27-10-9-26-15/h3-4,11-13H,5-10H2,1-2H3,(H,19,21)/t12-/m0/s1. The van der Waals surface area contributed by atoms with Crippen LogP contribution in [-0.4, -0.2) is 64.1 Å². The summed E-state index contributed by atoms with van der Waals surface area (Å²) in [5.41, 5.74) is 0. The van der Waals surface area contributed by atoms with E-state index in [4.69, 9.17) is 9.47 Å². The Bertz CT molecular complexity index is 847. The molecule has 0 saturated carbocycles. The zero-order chi connectivity index (χ0) is 20.3. The van der Waals surface area contributed by atoms with Crippen LogP contribution in [0.3, 0.4) is 0 Å². The number of amides is 1. The normalized spacial score (nSPS) is 18.9. The molecule has 28 heavy (non-hydrogen) atoms. The van der Waals surface area contributed by atoms with Crippen LogP contribution in [0.4, 0.5) is 0 Å². The lowest BCUT2D eigenvalue weighted by molar-refractivity contribution is -0.145. The van der Waals surface area contributed by atoms with Gasteiger partial charge in [0, 0.05) is 25.1 Å². The molecule has 2 aliphatic heterocycles. The smallest absolute Gasteiger partial charge is 0.328 e. The minimum Gasteiger partial charge on any atom is -0.486 e. The number of carbonyl (C=O) groups excluding carboxylic acids is 2. The van der Waals surface area contributed by atoms with Crippen LogP contribution in [0.15, 0.2) is 23.1 Å². The van der Waals surface area contributed by atoms with Gasteiger partial charge in [0.05, 0.1) is 12.0 Å². The number of carbonyl (C=O) groups is 2. The van der Waals surface area contributed by atoms with Crippen LogP contribution in [0.25, 0.3) is 0 Å². The molecule has 1 atom stereocenters. The molecule has 1 aromatic carbocycles. The molecule has 1 saturated heterocycles. The van der Waals surface area contributed by atoms with Crippen molar-refractivity contribution < 1.29 is 32.2 Å². The van der Waals surface area contributed by atoms with Gasteiger partial charge in [-0.25, -0.2) is 13.2 Å². The molecular weight excluding hydrogens is 388 g/mol. The van der Waals surface area contributed by atoms with Gasteiger partial charge in [-0.2, -0.15) is 4.31 Å². The molecule has 0 unspecified atom stereocenters. The summed E-state index contributed by atoms with van der Waals surface area (Å²) in [6, 6.07) is 3.83. The van der Waals surface area contributed by atoms with Gasteiger partial charge in [-0.15, -0.1) is 0 Å². The van der Waals surface area contributed by atoms with Crippen molar-refractivity contribution in [3.63, 3.8) is 0 Å². The molecule has 3 rings (SSSR count). The number of benzene rings is 1. The zero-order valence-corrected chi connectivity index (χ0v) is 16.7. The number of fused-ring (bicyclic) bond motifs is 1. The third-order valence-electron chi connectivity index (χ3n) is 4.89. The number of hydrogen-bond acceptors (Lipinski definition) is 7. The Labute approximate surface area is 164 Å². The number of esters is 1. The Kier molecular flexibility index (Phi) is 6.09. The second-order valence-electron chi connectivity index (χ2n) is 6.74. The van der Waals surface area contributed by atoms with E-state index in [0.29, 0.717) is 37.6 Å². The number of ether oxygens (including phenoxy) is 3. The number of nitrogens with one attached hydrogen (secondary N) is 1. The maximum atomic E-state index is 12.9. The number of nitrogens with zero attached hydrogens (tertiary/aromatic N) is 1. The molecule has 1 aromatic rings. The van der Waals surface area contributed by atoms with Crippen LogP contribution < -0.4 is 14.8 Å². The Morgan fingerprint density at radius 3 is 2.46 bits per heavy atom. The second kappa shape index (κ2) is 8.36. The fourth-order valence-corrected chi connectivity index (χ4v) is 4.74. The number of rotatable bonds is 5. The number of sulfonamides is 1. The zero-order valence-electron chi connectivity index (χ0n) is 15.8. The molecule has 154 valence electrons. The highest BCUT2D eigenvalue weighted by atomic mass is 32.2. The predicted octanol–water partition coefficient (Wildman–Crippen LogP) is 0.536. The van der Waals surface area contributed by atoms with Crippen molar-refractivity contribution in [2.45, 2.75) is 30.7 Å². The van der Waals surface area contributed by atoms with Gasteiger partial charge < -0.3 is 19.5 Å². The Morgan fingerprint density at radius 2 is 1.82 bits per heavy atom. The molecule has 10 heteroatoms. The maximum Gasteiger partial charge on any atom is 0.328 e. The van der Waals surface area contributed by atoms with Gasteiger partial charge in [0.2, 0.25) is 15.9 Å². The van der Waals surface area contributed by atoms with E-state index in [1.54, 1.807) is 13.0 Å². The summed E-state index contributed by atoms with van der Waals surface area (Å²) in [7, 11) is -2.44. The van der Waals surface area contributed by atoms with E-state index in [1.807, 2.05) is 0 Å². The van der Waals surface area contributed by atoms with E-state index in [1.165, 1.54) is 23.5 Å². The van der Waals surface area contributed by atoms with Crippen molar-refractivity contribution in [1.29, 1.82) is 0 Å². The minimum atomic E-state index is -3.69. The molecule has 0 spiro atoms. The number of hydrogen-bond donors (Lipinski definition) is 1. The van der Waals surface area contributed by atoms with Crippen molar-refractivity contribution >= 4 is 21.9 Å². The van der Waals surface area contributed by atoms with Crippen LogP contribution in [0.2, 0.25) is 0 Å². The largest absolute Gasteiger partial charge is 0.486 e. The molecule has 2 heterocycles. The Balaban J connectivity index is 1.62. The number of piperidine rings is 1. The van der Waals surface area contributed by atoms with E-state index in [0.717, 1.165) is 0 Å². The lowest BCUT2D eigenvalue weighted by atomic mass is 9.97. The fraction of sp³-hybridized carbons (Fsp3) is 0.556. The third kappa shape index (κ3) is 4.22. The third-order valence-corrected chi connectivity index (χ3v) is 6.78. The van der Waals surface area contributed by atoms with Crippen molar-refractivity contribution in [2.75, 3.05) is 33.4 Å². The van der Waals surface area contributed by atoms with Crippen molar-refractivity contribution in [2.24, 2.45) is 5.92 Å². The summed E-state index contributed by atoms with van der Waals surface area (Å²) in [6.45, 7) is 2.80. The summed E-state index contributed by atoms with van der Waals surface area (Å²) in [6.07, 6.45) is 0.757. The SMILES string of the molecule is COC(=O)[C@H](C)NC(=O)C1CCN(S(=O)(=O)c2ccc3c(c2)OCCO3)CC1. The van der Waals surface area contributed by atoms with Gasteiger partial charge in [-0.05, 0) is 31.9 Å². The minimum absolute atomic E-state index is 0.138. The van der Waals surface area contributed by atoms with E-state index in [-0.39, 0.29) is 29.8 Å². The summed E-state index contributed by atoms with van der Waals surface area (Å²) in [5.74, 6) is -0.196. The van der Waals surface area contributed by atoms with Crippen LogP contribution in [0.1, 0.15) is 19.8 Å². The van der Waals surface area contributed by atoms with E-state index < -0.39 is 22.0 Å². The quantitative estimate of drug-likeness (QED) is 0.703. The summed E-state index contributed by atoms with van der Waals surface area (Å²) in [4.78, 5) is 23.9. The topological polar surface area (TPSA) is 111 Å². The molecular formula is C18H24N2O7S. The highest BCUT2D eigenvalue weighted by molar-refractivity contribution is 7.89. The van der Waals surface area contributed by atoms with Gasteiger partial charge in [0.1, 0.15) is 19.3 Å². The van der Waals surface area contributed by atoms with Crippen LogP contribution >= 0.6 is 0 Å². The average molecular weight is 412 g/mol. The first-order chi connectivity index (χ1) is 13.3. The molecule has 0 aromatic heterocycles. The highest BCUT2D eigenvalue weighted by Gasteiger charge is 2.33. The molecule has 0 radical (unpaired) electrons. The van der Waals surface area contributed by atoms with Crippen molar-refractivity contribution in [3.05, 3.63) is 18.2 Å². The molecule has 1 fully saturated rings. The molecule has 0 aliphatic carbocycles. The molecule has 9 nitrogen and oxygen atoms in total. The fourth-order valence-electron chi connectivity index (χ4n) is 3.26. The second-order valence-corrected chi connectivity index (χ2v) is 8.68. The Morgan fingerprint density at radius 1 is 1.18 bits per heavy atom. The monoisotopic (exact) mass is 412 g/mol. The summed E-state index contributed by atoms with van der Waals surface area (Å²) >= 11 is 0. The first kappa shape index (κ1) is 20.4. The van der Waals surface area contributed by atoms with E-state index in [2.05, 4.69) is 10.1 Å². The molecule has 1 amide bonds. The first-order valence-corrected chi connectivity index (χ1v) is 10.5. The summed E-state index contributed by atoms with van der Waals surface area (Å²) in [5, 5.41) is 2.61. The van der Waals surface area contributed by atoms with Crippen molar-refractivity contribution in [1.82, 2.24) is 9.62 Å². The van der Waals surface area contributed by atoms with Crippen molar-refractivity contribution in [3.8, 4) is 11.5 Å². The van der Waals surface area contributed by atoms with Gasteiger partial charge in [-0.3, -0.25) is 4.79 Å². The van der Waals surface area contributed by atoms with Gasteiger partial charge in [0.25, 0.3) is 0 Å². The van der Waals surface area contributed by atoms with Crippen LogP contribution in [0.5, 0.6) is 11.5 Å². The summed E-state index contributed by atoms with van der Waals surface area (Å²) < 4.78 is 42.7. The highest BCUT2D eigenvalue weighted by Crippen LogP contribution is 2.34. The lowest BCUT2D eigenvalue weighted by Gasteiger charge is -2.31. The lowest BCUT2D eigenvalue weighted by Crippen LogP contribution is -2.46. The average Bonchev–Trinajstić information content (AvgIpc) is 2.72. The van der Waals surface area contributed by atoms with E-state index in [9.17, 15) is 18.0 Å². The van der Waals surface area contributed by atoms with Gasteiger partial charge in [-0.1, -0.05) is 0 Å². The molecule has 0 bridgehead atoms. The predicted molar refractivity (Wildman–Crippen MR) is 98.5 cm³/mol. The Hall–Kier alpha value is -2.33. The molecule has 1 N–H and O–H groups in total. The van der Waals surface area contributed by atoms with E-state index >= 15 is 0 Å². The van der Waals surface area contributed by atoms with Crippen LogP contribution in [-0.2, 0) is 24.3 Å². The first-order valence-electron chi connectivity index (χ1n) is 9.11. The number of methoxy groups -OCH3 is 1. The maximum absolute atomic E-state index is 12.9. The van der Waals surface area contributed by atoms with Crippen LogP contribution in [0, 0.1) is 5.92 Å². The molecule has 2 aliphatic rings.